The van der Waals surface area contributed by atoms with Crippen molar-refractivity contribution < 1.29 is 9.84 Å². The van der Waals surface area contributed by atoms with E-state index < -0.39 is 0 Å². The van der Waals surface area contributed by atoms with E-state index in [2.05, 4.69) is 5.32 Å². The average Bonchev–Trinajstić information content (AvgIpc) is 1.80. The van der Waals surface area contributed by atoms with E-state index in [-0.39, 0.29) is 6.10 Å². The first kappa shape index (κ1) is 8.88. The van der Waals surface area contributed by atoms with Crippen molar-refractivity contribution in [1.29, 1.82) is 0 Å². The van der Waals surface area contributed by atoms with E-state index in [1.807, 2.05) is 0 Å². The topological polar surface area (TPSA) is 43.6 Å². The molecule has 0 aliphatic carbocycles. The summed E-state index contributed by atoms with van der Waals surface area (Å²) in [6, 6.07) is 0. The van der Waals surface area contributed by atoms with E-state index in [1.54, 1.807) is 14.0 Å². The summed E-state index contributed by atoms with van der Waals surface area (Å²) < 4.78 is 4.75. The summed E-state index contributed by atoms with van der Waals surface area (Å²) in [7, 11) is 1.64. The molecule has 0 bridgehead atoms. The molecule has 1 N–H and O–H groups in total. The fourth-order valence-corrected chi connectivity index (χ4v) is 0.434. The van der Waals surface area contributed by atoms with Gasteiger partial charge in [0.05, 0.1) is 12.7 Å². The van der Waals surface area contributed by atoms with Crippen molar-refractivity contribution in [1.82, 2.24) is 5.32 Å². The molecule has 0 spiro atoms. The van der Waals surface area contributed by atoms with Crippen LogP contribution in [0.15, 0.2) is 0 Å². The lowest BCUT2D eigenvalue weighted by atomic mass is 10.4. The molecule has 1 atom stereocenters. The fourth-order valence-electron chi connectivity index (χ4n) is 0.434. The molecule has 1 radical (unpaired) electrons. The Balaban J connectivity index is 2.75. The molecule has 0 aliphatic heterocycles. The first-order chi connectivity index (χ1) is 4.27. The number of ether oxygens (including phenoxy) is 1. The van der Waals surface area contributed by atoms with Crippen LogP contribution in [0.3, 0.4) is 0 Å². The molecular formula is C6H14NO2. The number of hydrogen-bond acceptors (Lipinski definition) is 2. The second kappa shape index (κ2) is 6.01. The predicted molar refractivity (Wildman–Crippen MR) is 35.4 cm³/mol. The minimum atomic E-state index is -0.318. The number of hydrogen-bond donors (Lipinski definition) is 1. The summed E-state index contributed by atoms with van der Waals surface area (Å²) in [5.74, 6) is 0. The van der Waals surface area contributed by atoms with Gasteiger partial charge in [0.15, 0.2) is 0 Å². The van der Waals surface area contributed by atoms with Gasteiger partial charge in [0.2, 0.25) is 0 Å². The highest BCUT2D eigenvalue weighted by Crippen LogP contribution is 1.75. The van der Waals surface area contributed by atoms with Crippen LogP contribution in [-0.2, 0) is 4.74 Å². The number of aliphatic hydroxyl groups excluding tert-OH is 1. The molecule has 1 unspecified atom stereocenters. The number of methoxy groups -OCH3 is 1. The quantitative estimate of drug-likeness (QED) is 0.518. The normalized spacial score (nSPS) is 13.7. The van der Waals surface area contributed by atoms with Crippen LogP contribution in [0.25, 0.3) is 0 Å². The molecule has 0 heterocycles. The molecule has 0 aliphatic rings. The van der Waals surface area contributed by atoms with Gasteiger partial charge < -0.3 is 9.84 Å². The van der Waals surface area contributed by atoms with Gasteiger partial charge in [0.25, 0.3) is 0 Å². The zero-order chi connectivity index (χ0) is 7.11. The number of aliphatic hydroxyl groups is 1. The van der Waals surface area contributed by atoms with Crippen LogP contribution in [-0.4, -0.2) is 38.0 Å². The third kappa shape index (κ3) is 7.88. The largest absolute Gasteiger partial charge is 0.392 e. The van der Waals surface area contributed by atoms with Crippen molar-refractivity contribution in [3.63, 3.8) is 0 Å². The van der Waals surface area contributed by atoms with Crippen molar-refractivity contribution in [2.75, 3.05) is 26.8 Å². The van der Waals surface area contributed by atoms with Crippen LogP contribution < -0.4 is 5.32 Å². The van der Waals surface area contributed by atoms with Crippen molar-refractivity contribution in [2.24, 2.45) is 0 Å². The van der Waals surface area contributed by atoms with Crippen LogP contribution in [0, 0.1) is 0 Å². The van der Waals surface area contributed by atoms with E-state index in [0.717, 1.165) is 0 Å². The lowest BCUT2D eigenvalue weighted by Gasteiger charge is -2.02. The Labute approximate surface area is 56.0 Å². The van der Waals surface area contributed by atoms with Crippen LogP contribution >= 0.6 is 0 Å². The van der Waals surface area contributed by atoms with Gasteiger partial charge in [0.1, 0.15) is 0 Å². The Kier molecular flexibility index (Phi) is 5.93. The minimum absolute atomic E-state index is 0.318. The lowest BCUT2D eigenvalue weighted by Crippen LogP contribution is -2.21. The molecule has 0 fully saturated rings. The Morgan fingerprint density at radius 1 is 1.67 bits per heavy atom. The SMILES string of the molecule is COCC[N]CC(C)O. The summed E-state index contributed by atoms with van der Waals surface area (Å²) >= 11 is 0. The molecule has 0 aromatic carbocycles. The summed E-state index contributed by atoms with van der Waals surface area (Å²) in [4.78, 5) is 0. The highest BCUT2D eigenvalue weighted by molar-refractivity contribution is 4.50. The smallest absolute Gasteiger partial charge is 0.0653 e. The van der Waals surface area contributed by atoms with Crippen LogP contribution in [0.2, 0.25) is 0 Å². The Hall–Kier alpha value is -0.120. The summed E-state index contributed by atoms with van der Waals surface area (Å²) in [5, 5.41) is 12.7. The maximum Gasteiger partial charge on any atom is 0.0653 e. The molecule has 0 rings (SSSR count). The van der Waals surface area contributed by atoms with Gasteiger partial charge in [-0.3, -0.25) is 0 Å². The average molecular weight is 132 g/mol. The van der Waals surface area contributed by atoms with Crippen molar-refractivity contribution in [3.8, 4) is 0 Å². The zero-order valence-electron chi connectivity index (χ0n) is 6.00. The predicted octanol–water partition coefficient (Wildman–Crippen LogP) is -0.382. The molecule has 9 heavy (non-hydrogen) atoms. The summed E-state index contributed by atoms with van der Waals surface area (Å²) in [6.07, 6.45) is -0.318. The summed E-state index contributed by atoms with van der Waals surface area (Å²) in [6.45, 7) is 3.56. The maximum absolute atomic E-state index is 8.72. The molecule has 0 amide bonds. The van der Waals surface area contributed by atoms with Crippen LogP contribution in [0.5, 0.6) is 0 Å². The first-order valence-electron chi connectivity index (χ1n) is 3.07. The van der Waals surface area contributed by atoms with Gasteiger partial charge in [0, 0.05) is 20.2 Å². The van der Waals surface area contributed by atoms with Gasteiger partial charge >= 0.3 is 0 Å². The van der Waals surface area contributed by atoms with Crippen molar-refractivity contribution in [2.45, 2.75) is 13.0 Å². The van der Waals surface area contributed by atoms with E-state index in [0.29, 0.717) is 19.7 Å². The van der Waals surface area contributed by atoms with Crippen molar-refractivity contribution in [3.05, 3.63) is 0 Å². The van der Waals surface area contributed by atoms with E-state index >= 15 is 0 Å². The minimum Gasteiger partial charge on any atom is -0.392 e. The zero-order valence-corrected chi connectivity index (χ0v) is 6.00. The van der Waals surface area contributed by atoms with Gasteiger partial charge in [-0.05, 0) is 6.92 Å². The number of rotatable bonds is 5. The molecule has 0 saturated heterocycles. The fraction of sp³-hybridized carbons (Fsp3) is 1.00. The molecule has 3 nitrogen and oxygen atoms in total. The Morgan fingerprint density at radius 3 is 2.78 bits per heavy atom. The first-order valence-corrected chi connectivity index (χ1v) is 3.07. The number of nitrogens with zero attached hydrogens (tertiary/aromatic N) is 1. The highest BCUT2D eigenvalue weighted by atomic mass is 16.5. The molecule has 0 aromatic heterocycles. The monoisotopic (exact) mass is 132 g/mol. The molecule has 0 aromatic rings. The molecule has 3 heteroatoms. The van der Waals surface area contributed by atoms with Gasteiger partial charge in [-0.25, -0.2) is 5.32 Å². The van der Waals surface area contributed by atoms with Crippen LogP contribution in [0.1, 0.15) is 6.92 Å². The van der Waals surface area contributed by atoms with Crippen molar-refractivity contribution >= 4 is 0 Å². The second-order valence-corrected chi connectivity index (χ2v) is 1.97. The highest BCUT2D eigenvalue weighted by Gasteiger charge is 1.93. The van der Waals surface area contributed by atoms with Crippen LogP contribution in [0.4, 0.5) is 0 Å². The van der Waals surface area contributed by atoms with E-state index in [9.17, 15) is 0 Å². The van der Waals surface area contributed by atoms with Gasteiger partial charge in [-0.2, -0.15) is 0 Å². The molecular weight excluding hydrogens is 118 g/mol. The second-order valence-electron chi connectivity index (χ2n) is 1.97. The van der Waals surface area contributed by atoms with E-state index in [4.69, 9.17) is 9.84 Å². The maximum atomic E-state index is 8.72. The lowest BCUT2D eigenvalue weighted by molar-refractivity contribution is 0.171. The van der Waals surface area contributed by atoms with Gasteiger partial charge in [-0.15, -0.1) is 0 Å². The molecule has 0 saturated carbocycles. The van der Waals surface area contributed by atoms with E-state index in [1.165, 1.54) is 0 Å². The summed E-state index contributed by atoms with van der Waals surface area (Å²) in [5.41, 5.74) is 0. The standard InChI is InChI=1S/C6H14NO2/c1-6(8)5-7-3-4-9-2/h6,8H,3-5H2,1-2H3. The Bertz CT molecular complexity index is 57.0. The Morgan fingerprint density at radius 2 is 2.33 bits per heavy atom. The third-order valence-corrected chi connectivity index (χ3v) is 0.847. The molecule has 55 valence electrons. The van der Waals surface area contributed by atoms with Gasteiger partial charge in [-0.1, -0.05) is 0 Å². The third-order valence-electron chi connectivity index (χ3n) is 0.847.